The number of hydrogen-bond donors (Lipinski definition) is 0. The summed E-state index contributed by atoms with van der Waals surface area (Å²) in [7, 11) is 0. The van der Waals surface area contributed by atoms with Gasteiger partial charge in [0.1, 0.15) is 0 Å². The van der Waals surface area contributed by atoms with Gasteiger partial charge in [-0.1, -0.05) is 168 Å². The molecule has 0 radical (unpaired) electrons. The quantitative estimate of drug-likeness (QED) is 0.0659. The van der Waals surface area contributed by atoms with E-state index < -0.39 is 0 Å². The third kappa shape index (κ3) is 23.0. The van der Waals surface area contributed by atoms with Gasteiger partial charge in [0.2, 0.25) is 0 Å². The van der Waals surface area contributed by atoms with Crippen LogP contribution in [0.15, 0.2) is 0 Å². The highest BCUT2D eigenvalue weighted by Gasteiger charge is 2.25. The first-order valence-electron chi connectivity index (χ1n) is 21.1. The first-order chi connectivity index (χ1) is 22.1. The second-order valence-corrected chi connectivity index (χ2v) is 15.5. The van der Waals surface area contributed by atoms with Crippen LogP contribution in [0.2, 0.25) is 0 Å². The van der Waals surface area contributed by atoms with Gasteiger partial charge in [-0.25, -0.2) is 0 Å². The molecule has 0 bridgehead atoms. The van der Waals surface area contributed by atoms with Gasteiger partial charge in [0.05, 0.1) is 36.6 Å². The maximum atomic E-state index is 6.77. The predicted molar refractivity (Wildman–Crippen MR) is 196 cm³/mol. The summed E-state index contributed by atoms with van der Waals surface area (Å²) in [6.45, 7) is 9.05. The van der Waals surface area contributed by atoms with Crippen LogP contribution in [0.25, 0.3) is 0 Å². The van der Waals surface area contributed by atoms with Crippen molar-refractivity contribution in [1.82, 2.24) is 0 Å². The monoisotopic (exact) mass is 635 g/mol. The van der Waals surface area contributed by atoms with Crippen LogP contribution in [0.5, 0.6) is 0 Å². The lowest BCUT2D eigenvalue weighted by Crippen LogP contribution is -2.34. The van der Waals surface area contributed by atoms with Gasteiger partial charge in [0, 0.05) is 0 Å². The topological polar surface area (TPSA) is 27.7 Å². The molecule has 3 heteroatoms. The minimum Gasteiger partial charge on any atom is -0.375 e. The molecule has 2 heterocycles. The maximum absolute atomic E-state index is 6.77. The average Bonchev–Trinajstić information content (AvgIpc) is 2.99. The SMILES string of the molecule is CCCC(CCCCCCCCCCCCCC1CC(C)O1)OC(CCC)CCCCCCCCCCCCCC1CC(C)O1. The van der Waals surface area contributed by atoms with E-state index in [9.17, 15) is 0 Å². The first-order valence-corrected chi connectivity index (χ1v) is 21.1. The summed E-state index contributed by atoms with van der Waals surface area (Å²) in [5.74, 6) is 0. The number of unbranched alkanes of at least 4 members (excludes halogenated alkanes) is 20. The summed E-state index contributed by atoms with van der Waals surface area (Å²) >= 11 is 0. The standard InChI is InChI=1S/C42H82O3/c1-5-29-39(31-25-21-17-13-9-7-11-15-19-23-27-33-41-35-37(3)43-41)45-40(30-6-2)32-26-22-18-14-10-8-12-16-20-24-28-34-42-36-38(4)44-42/h37-42H,5-36H2,1-4H3. The van der Waals surface area contributed by atoms with E-state index in [0.717, 1.165) is 0 Å². The van der Waals surface area contributed by atoms with Crippen LogP contribution in [-0.4, -0.2) is 36.6 Å². The Morgan fingerprint density at radius 2 is 0.689 bits per heavy atom. The molecule has 6 atom stereocenters. The molecular formula is C42H82O3. The molecule has 0 N–H and O–H groups in total. The molecule has 6 unspecified atom stereocenters. The highest BCUT2D eigenvalue weighted by Crippen LogP contribution is 2.26. The molecule has 2 rings (SSSR count). The summed E-state index contributed by atoms with van der Waals surface area (Å²) in [4.78, 5) is 0. The van der Waals surface area contributed by atoms with Crippen molar-refractivity contribution < 1.29 is 14.2 Å². The van der Waals surface area contributed by atoms with Crippen LogP contribution >= 0.6 is 0 Å². The van der Waals surface area contributed by atoms with Crippen molar-refractivity contribution in [3.05, 3.63) is 0 Å². The van der Waals surface area contributed by atoms with Crippen LogP contribution < -0.4 is 0 Å². The van der Waals surface area contributed by atoms with Gasteiger partial charge in [-0.3, -0.25) is 0 Å². The summed E-state index contributed by atoms with van der Waals surface area (Å²) in [6.07, 6.45) is 47.2. The molecule has 0 aliphatic carbocycles. The Labute approximate surface area is 283 Å². The zero-order chi connectivity index (χ0) is 32.2. The Bertz CT molecular complexity index is 559. The lowest BCUT2D eigenvalue weighted by Gasteiger charge is -2.33. The zero-order valence-corrected chi connectivity index (χ0v) is 31.3. The molecule has 2 saturated heterocycles. The van der Waals surface area contributed by atoms with E-state index in [1.807, 2.05) is 0 Å². The van der Waals surface area contributed by atoms with Crippen LogP contribution in [-0.2, 0) is 14.2 Å². The molecule has 0 aromatic rings. The molecule has 0 aromatic heterocycles. The highest BCUT2D eigenvalue weighted by atomic mass is 16.5. The number of rotatable bonds is 34. The smallest absolute Gasteiger partial charge is 0.0603 e. The molecule has 2 aliphatic rings. The third-order valence-electron chi connectivity index (χ3n) is 10.7. The fourth-order valence-corrected chi connectivity index (χ4v) is 7.89. The van der Waals surface area contributed by atoms with E-state index >= 15 is 0 Å². The van der Waals surface area contributed by atoms with Gasteiger partial charge >= 0.3 is 0 Å². The summed E-state index contributed by atoms with van der Waals surface area (Å²) < 4.78 is 18.2. The molecular weight excluding hydrogens is 552 g/mol. The summed E-state index contributed by atoms with van der Waals surface area (Å²) in [5, 5.41) is 0. The summed E-state index contributed by atoms with van der Waals surface area (Å²) in [6, 6.07) is 0. The molecule has 2 fully saturated rings. The van der Waals surface area contributed by atoms with Crippen LogP contribution in [0, 0.1) is 0 Å². The highest BCUT2D eigenvalue weighted by molar-refractivity contribution is 4.74. The molecule has 0 saturated carbocycles. The lowest BCUT2D eigenvalue weighted by atomic mass is 9.99. The fraction of sp³-hybridized carbons (Fsp3) is 1.00. The van der Waals surface area contributed by atoms with Crippen molar-refractivity contribution in [2.75, 3.05) is 0 Å². The van der Waals surface area contributed by atoms with Gasteiger partial charge < -0.3 is 14.2 Å². The first kappa shape index (κ1) is 41.1. The molecule has 0 amide bonds. The number of hydrogen-bond acceptors (Lipinski definition) is 3. The minimum atomic E-state index is 0.501. The zero-order valence-electron chi connectivity index (χ0n) is 31.3. The van der Waals surface area contributed by atoms with Crippen LogP contribution in [0.1, 0.15) is 233 Å². The maximum Gasteiger partial charge on any atom is 0.0603 e. The second kappa shape index (κ2) is 28.9. The van der Waals surface area contributed by atoms with E-state index in [4.69, 9.17) is 14.2 Å². The van der Waals surface area contributed by atoms with Gasteiger partial charge in [0.25, 0.3) is 0 Å². The van der Waals surface area contributed by atoms with E-state index in [0.29, 0.717) is 36.6 Å². The van der Waals surface area contributed by atoms with Crippen molar-refractivity contribution in [2.45, 2.75) is 270 Å². The van der Waals surface area contributed by atoms with E-state index in [1.54, 1.807) is 0 Å². The van der Waals surface area contributed by atoms with Crippen LogP contribution in [0.4, 0.5) is 0 Å². The molecule has 3 nitrogen and oxygen atoms in total. The normalized spacial score (nSPS) is 22.7. The molecule has 45 heavy (non-hydrogen) atoms. The Hall–Kier alpha value is -0.120. The van der Waals surface area contributed by atoms with E-state index in [-0.39, 0.29) is 0 Å². The second-order valence-electron chi connectivity index (χ2n) is 15.5. The fourth-order valence-electron chi connectivity index (χ4n) is 7.89. The Morgan fingerprint density at radius 3 is 0.956 bits per heavy atom. The minimum absolute atomic E-state index is 0.501. The lowest BCUT2D eigenvalue weighted by molar-refractivity contribution is -0.117. The van der Waals surface area contributed by atoms with Crippen molar-refractivity contribution in [3.8, 4) is 0 Å². The van der Waals surface area contributed by atoms with Crippen molar-refractivity contribution >= 4 is 0 Å². The average molecular weight is 635 g/mol. The molecule has 2 aliphatic heterocycles. The predicted octanol–water partition coefficient (Wildman–Crippen LogP) is 13.8. The van der Waals surface area contributed by atoms with Gasteiger partial charge in [-0.2, -0.15) is 0 Å². The Kier molecular flexibility index (Phi) is 26.3. The number of ether oxygens (including phenoxy) is 3. The molecule has 268 valence electrons. The third-order valence-corrected chi connectivity index (χ3v) is 10.7. The summed E-state index contributed by atoms with van der Waals surface area (Å²) in [5.41, 5.74) is 0. The van der Waals surface area contributed by atoms with E-state index in [1.165, 1.54) is 205 Å². The Morgan fingerprint density at radius 1 is 0.422 bits per heavy atom. The van der Waals surface area contributed by atoms with Gasteiger partial charge in [0.15, 0.2) is 0 Å². The molecule has 0 spiro atoms. The largest absolute Gasteiger partial charge is 0.375 e. The van der Waals surface area contributed by atoms with E-state index in [2.05, 4.69) is 27.7 Å². The van der Waals surface area contributed by atoms with Crippen LogP contribution in [0.3, 0.4) is 0 Å². The molecule has 0 aromatic carbocycles. The van der Waals surface area contributed by atoms with Crippen molar-refractivity contribution in [3.63, 3.8) is 0 Å². The van der Waals surface area contributed by atoms with Crippen molar-refractivity contribution in [2.24, 2.45) is 0 Å². The van der Waals surface area contributed by atoms with Gasteiger partial charge in [-0.15, -0.1) is 0 Å². The van der Waals surface area contributed by atoms with Crippen molar-refractivity contribution in [1.29, 1.82) is 0 Å². The van der Waals surface area contributed by atoms with Gasteiger partial charge in [-0.05, 0) is 65.2 Å². The Balaban J connectivity index is 1.35.